The Hall–Kier alpha value is -3.06. The lowest BCUT2D eigenvalue weighted by molar-refractivity contribution is -0.134. The summed E-state index contributed by atoms with van der Waals surface area (Å²) in [6.45, 7) is 2.74. The smallest absolute Gasteiger partial charge is 0.222 e. The molecule has 7 heteroatoms. The Morgan fingerprint density at radius 1 is 1.00 bits per heavy atom. The summed E-state index contributed by atoms with van der Waals surface area (Å²) in [6.07, 6.45) is 3.21. The third-order valence-electron chi connectivity index (χ3n) is 5.36. The van der Waals surface area contributed by atoms with Crippen molar-refractivity contribution >= 4 is 5.91 Å². The van der Waals surface area contributed by atoms with E-state index in [9.17, 15) is 4.79 Å². The summed E-state index contributed by atoms with van der Waals surface area (Å²) in [4.78, 5) is 16.0. The van der Waals surface area contributed by atoms with Crippen LogP contribution in [0.5, 0.6) is 0 Å². The topological polar surface area (TPSA) is 73.1 Å². The van der Waals surface area contributed by atoms with Gasteiger partial charge in [0.05, 0.1) is 19.3 Å². The fourth-order valence-electron chi connectivity index (χ4n) is 3.63. The van der Waals surface area contributed by atoms with Crippen LogP contribution in [0.3, 0.4) is 0 Å². The summed E-state index contributed by atoms with van der Waals surface area (Å²) >= 11 is 0. The molecule has 2 heterocycles. The molecule has 1 aliphatic rings. The molecule has 1 fully saturated rings. The number of carbonyl (C=O) groups excluding carboxylic acids is 1. The molecule has 156 valence electrons. The Balaban J connectivity index is 1.15. The maximum absolute atomic E-state index is 12.5. The van der Waals surface area contributed by atoms with Crippen LogP contribution < -0.4 is 0 Å². The second-order valence-electron chi connectivity index (χ2n) is 7.56. The zero-order valence-corrected chi connectivity index (χ0v) is 17.1. The fourth-order valence-corrected chi connectivity index (χ4v) is 3.63. The molecule has 3 aromatic rings. The average molecular weight is 406 g/mol. The van der Waals surface area contributed by atoms with Gasteiger partial charge in [0.25, 0.3) is 0 Å². The highest BCUT2D eigenvalue weighted by Gasteiger charge is 2.23. The van der Waals surface area contributed by atoms with Gasteiger partial charge in [0.2, 0.25) is 11.7 Å². The van der Waals surface area contributed by atoms with Gasteiger partial charge in [-0.25, -0.2) is 0 Å². The fraction of sp³-hybridized carbons (Fsp3) is 0.391. The standard InChI is InChI=1S/C23H27N5O2/c29-22(12-7-15-28-25-23(24-26-28)20-10-5-2-6-11-20)27-16-13-21(14-17-27)30-18-19-8-3-1-4-9-19/h1-6,8-11,21H,7,12-18H2. The second kappa shape index (κ2) is 10.1. The molecule has 1 amide bonds. The Labute approximate surface area is 176 Å². The number of tetrazole rings is 1. The quantitative estimate of drug-likeness (QED) is 0.575. The summed E-state index contributed by atoms with van der Waals surface area (Å²) in [7, 11) is 0. The van der Waals surface area contributed by atoms with Gasteiger partial charge >= 0.3 is 0 Å². The summed E-state index contributed by atoms with van der Waals surface area (Å²) in [5, 5.41) is 12.6. The van der Waals surface area contributed by atoms with Crippen LogP contribution >= 0.6 is 0 Å². The highest BCUT2D eigenvalue weighted by Crippen LogP contribution is 2.17. The first-order valence-electron chi connectivity index (χ1n) is 10.5. The molecule has 1 aromatic heterocycles. The highest BCUT2D eigenvalue weighted by atomic mass is 16.5. The number of hydrogen-bond donors (Lipinski definition) is 0. The number of likely N-dealkylation sites (tertiary alicyclic amines) is 1. The lowest BCUT2D eigenvalue weighted by Crippen LogP contribution is -2.40. The Bertz CT molecular complexity index is 921. The minimum Gasteiger partial charge on any atom is -0.373 e. The maximum Gasteiger partial charge on any atom is 0.222 e. The zero-order valence-electron chi connectivity index (χ0n) is 17.1. The van der Waals surface area contributed by atoms with Gasteiger partial charge in [-0.3, -0.25) is 4.79 Å². The molecule has 0 spiro atoms. The normalized spacial score (nSPS) is 14.7. The molecule has 0 aliphatic carbocycles. The van der Waals surface area contributed by atoms with Crippen molar-refractivity contribution in [2.45, 2.75) is 44.9 Å². The molecule has 2 aromatic carbocycles. The third kappa shape index (κ3) is 5.51. The van der Waals surface area contributed by atoms with E-state index in [0.29, 0.717) is 31.8 Å². The number of amides is 1. The van der Waals surface area contributed by atoms with Gasteiger partial charge in [-0.2, -0.15) is 4.80 Å². The van der Waals surface area contributed by atoms with Gasteiger partial charge in [-0.05, 0) is 30.0 Å². The number of ether oxygens (including phenoxy) is 1. The van der Waals surface area contributed by atoms with Crippen molar-refractivity contribution in [3.8, 4) is 11.4 Å². The van der Waals surface area contributed by atoms with Crippen LogP contribution in [0, 0.1) is 0 Å². The SMILES string of the molecule is O=C(CCCn1nnc(-c2ccccc2)n1)N1CCC(OCc2ccccc2)CC1. The highest BCUT2D eigenvalue weighted by molar-refractivity contribution is 5.76. The molecule has 4 rings (SSSR count). The van der Waals surface area contributed by atoms with E-state index in [4.69, 9.17) is 4.74 Å². The van der Waals surface area contributed by atoms with Crippen molar-refractivity contribution in [1.82, 2.24) is 25.1 Å². The summed E-state index contributed by atoms with van der Waals surface area (Å²) in [5.41, 5.74) is 2.13. The number of aromatic nitrogens is 4. The molecular weight excluding hydrogens is 378 g/mol. The molecule has 0 N–H and O–H groups in total. The predicted octanol–water partition coefficient (Wildman–Crippen LogP) is 3.33. The van der Waals surface area contributed by atoms with E-state index in [1.807, 2.05) is 53.4 Å². The summed E-state index contributed by atoms with van der Waals surface area (Å²) in [6, 6.07) is 20.0. The summed E-state index contributed by atoms with van der Waals surface area (Å²) < 4.78 is 6.01. The second-order valence-corrected chi connectivity index (χ2v) is 7.56. The molecule has 0 bridgehead atoms. The Morgan fingerprint density at radius 2 is 1.70 bits per heavy atom. The summed E-state index contributed by atoms with van der Waals surface area (Å²) in [5.74, 6) is 0.805. The number of aryl methyl sites for hydroxylation is 1. The van der Waals surface area contributed by atoms with Crippen LogP contribution in [0.25, 0.3) is 11.4 Å². The van der Waals surface area contributed by atoms with Crippen molar-refractivity contribution in [1.29, 1.82) is 0 Å². The van der Waals surface area contributed by atoms with E-state index in [-0.39, 0.29) is 12.0 Å². The van der Waals surface area contributed by atoms with Crippen molar-refractivity contribution in [3.63, 3.8) is 0 Å². The minimum absolute atomic E-state index is 0.194. The molecule has 30 heavy (non-hydrogen) atoms. The lowest BCUT2D eigenvalue weighted by atomic mass is 10.1. The van der Waals surface area contributed by atoms with Gasteiger partial charge in [0, 0.05) is 25.1 Å². The van der Waals surface area contributed by atoms with Crippen molar-refractivity contribution in [3.05, 3.63) is 66.2 Å². The first-order chi connectivity index (χ1) is 14.8. The Kier molecular flexibility index (Phi) is 6.82. The van der Waals surface area contributed by atoms with Crippen molar-refractivity contribution in [2.75, 3.05) is 13.1 Å². The van der Waals surface area contributed by atoms with Crippen LogP contribution in [-0.4, -0.2) is 50.2 Å². The molecule has 0 radical (unpaired) electrons. The maximum atomic E-state index is 12.5. The first-order valence-corrected chi connectivity index (χ1v) is 10.5. The van der Waals surface area contributed by atoms with Gasteiger partial charge < -0.3 is 9.64 Å². The molecule has 1 saturated heterocycles. The number of carbonyl (C=O) groups is 1. The van der Waals surface area contributed by atoms with Crippen LogP contribution in [0.15, 0.2) is 60.7 Å². The number of rotatable bonds is 8. The van der Waals surface area contributed by atoms with Gasteiger partial charge in [-0.1, -0.05) is 60.7 Å². The molecule has 0 unspecified atom stereocenters. The van der Waals surface area contributed by atoms with Crippen molar-refractivity contribution in [2.24, 2.45) is 0 Å². The molecular formula is C23H27N5O2. The van der Waals surface area contributed by atoms with Crippen LogP contribution in [-0.2, 0) is 22.7 Å². The van der Waals surface area contributed by atoms with E-state index in [0.717, 1.165) is 31.5 Å². The van der Waals surface area contributed by atoms with Crippen LogP contribution in [0.1, 0.15) is 31.2 Å². The van der Waals surface area contributed by atoms with Crippen molar-refractivity contribution < 1.29 is 9.53 Å². The molecule has 1 aliphatic heterocycles. The first kappa shape index (κ1) is 20.2. The van der Waals surface area contributed by atoms with E-state index in [1.165, 1.54) is 5.56 Å². The lowest BCUT2D eigenvalue weighted by Gasteiger charge is -2.32. The number of hydrogen-bond acceptors (Lipinski definition) is 5. The van der Waals surface area contributed by atoms with E-state index >= 15 is 0 Å². The number of benzene rings is 2. The third-order valence-corrected chi connectivity index (χ3v) is 5.36. The van der Waals surface area contributed by atoms with E-state index in [1.54, 1.807) is 4.80 Å². The largest absolute Gasteiger partial charge is 0.373 e. The predicted molar refractivity (Wildman–Crippen MR) is 113 cm³/mol. The van der Waals surface area contributed by atoms with Gasteiger partial charge in [-0.15, -0.1) is 10.2 Å². The average Bonchev–Trinajstić information content (AvgIpc) is 3.28. The number of nitrogens with zero attached hydrogens (tertiary/aromatic N) is 5. The molecule has 0 saturated carbocycles. The Morgan fingerprint density at radius 3 is 2.43 bits per heavy atom. The zero-order chi connectivity index (χ0) is 20.6. The molecule has 0 atom stereocenters. The number of piperidine rings is 1. The van der Waals surface area contributed by atoms with Crippen LogP contribution in [0.4, 0.5) is 0 Å². The monoisotopic (exact) mass is 405 g/mol. The minimum atomic E-state index is 0.194. The molecule has 7 nitrogen and oxygen atoms in total. The van der Waals surface area contributed by atoms with E-state index < -0.39 is 0 Å². The van der Waals surface area contributed by atoms with Crippen LogP contribution in [0.2, 0.25) is 0 Å². The van der Waals surface area contributed by atoms with Gasteiger partial charge in [0.1, 0.15) is 0 Å². The van der Waals surface area contributed by atoms with E-state index in [2.05, 4.69) is 27.5 Å². The van der Waals surface area contributed by atoms with Gasteiger partial charge in [0.15, 0.2) is 0 Å².